The van der Waals surface area contributed by atoms with Crippen molar-refractivity contribution in [2.24, 2.45) is 5.92 Å². The molecular formula is C14H23NO. The average Bonchev–Trinajstić information content (AvgIpc) is 2.24. The molecule has 1 aromatic carbocycles. The zero-order valence-corrected chi connectivity index (χ0v) is 10.8. The molecule has 1 rings (SSSR count). The Balaban J connectivity index is 2.40. The van der Waals surface area contributed by atoms with E-state index in [1.54, 1.807) is 7.11 Å². The van der Waals surface area contributed by atoms with Crippen LogP contribution in [0.25, 0.3) is 0 Å². The van der Waals surface area contributed by atoms with Crippen LogP contribution in [0.2, 0.25) is 0 Å². The van der Waals surface area contributed by atoms with Crippen molar-refractivity contribution in [2.75, 3.05) is 19.0 Å². The molecule has 0 aliphatic heterocycles. The Morgan fingerprint density at radius 3 is 2.62 bits per heavy atom. The summed E-state index contributed by atoms with van der Waals surface area (Å²) in [6.45, 7) is 7.64. The number of anilines is 1. The van der Waals surface area contributed by atoms with E-state index in [-0.39, 0.29) is 0 Å². The van der Waals surface area contributed by atoms with Crippen molar-refractivity contribution in [1.82, 2.24) is 0 Å². The highest BCUT2D eigenvalue weighted by Crippen LogP contribution is 2.21. The van der Waals surface area contributed by atoms with Gasteiger partial charge in [0.2, 0.25) is 0 Å². The molecule has 90 valence electrons. The molecular weight excluding hydrogens is 198 g/mol. The van der Waals surface area contributed by atoms with Gasteiger partial charge in [-0.1, -0.05) is 13.8 Å². The molecule has 0 heterocycles. The summed E-state index contributed by atoms with van der Waals surface area (Å²) in [4.78, 5) is 0. The smallest absolute Gasteiger partial charge is 0.121 e. The standard InChI is InChI=1S/C14H23NO/c1-11(2)6-5-9-15-13-7-8-14(16-4)12(3)10-13/h7-8,10-11,15H,5-6,9H2,1-4H3. The van der Waals surface area contributed by atoms with E-state index in [1.165, 1.54) is 24.1 Å². The van der Waals surface area contributed by atoms with Crippen molar-refractivity contribution >= 4 is 5.69 Å². The first kappa shape index (κ1) is 12.9. The Morgan fingerprint density at radius 2 is 2.06 bits per heavy atom. The van der Waals surface area contributed by atoms with Crippen LogP contribution in [-0.2, 0) is 0 Å². The van der Waals surface area contributed by atoms with Crippen LogP contribution in [0.15, 0.2) is 18.2 Å². The fourth-order valence-corrected chi connectivity index (χ4v) is 1.73. The second-order valence-corrected chi connectivity index (χ2v) is 4.65. The van der Waals surface area contributed by atoms with Crippen molar-refractivity contribution in [3.05, 3.63) is 23.8 Å². The molecule has 0 aliphatic carbocycles. The summed E-state index contributed by atoms with van der Waals surface area (Å²) in [5.74, 6) is 1.74. The maximum atomic E-state index is 5.23. The fraction of sp³-hybridized carbons (Fsp3) is 0.571. The van der Waals surface area contributed by atoms with Crippen LogP contribution in [0.1, 0.15) is 32.3 Å². The lowest BCUT2D eigenvalue weighted by Crippen LogP contribution is -2.03. The first-order valence-electron chi connectivity index (χ1n) is 6.02. The monoisotopic (exact) mass is 221 g/mol. The number of hydrogen-bond acceptors (Lipinski definition) is 2. The van der Waals surface area contributed by atoms with Crippen LogP contribution in [-0.4, -0.2) is 13.7 Å². The number of nitrogens with one attached hydrogen (secondary N) is 1. The van der Waals surface area contributed by atoms with Gasteiger partial charge in [0.05, 0.1) is 7.11 Å². The summed E-state index contributed by atoms with van der Waals surface area (Å²) in [5, 5.41) is 3.44. The molecule has 16 heavy (non-hydrogen) atoms. The Labute approximate surface area is 99.0 Å². The second-order valence-electron chi connectivity index (χ2n) is 4.65. The minimum Gasteiger partial charge on any atom is -0.496 e. The summed E-state index contributed by atoms with van der Waals surface area (Å²) in [7, 11) is 1.71. The van der Waals surface area contributed by atoms with Gasteiger partial charge in [-0.25, -0.2) is 0 Å². The zero-order valence-electron chi connectivity index (χ0n) is 10.8. The van der Waals surface area contributed by atoms with Crippen LogP contribution in [0, 0.1) is 12.8 Å². The molecule has 0 aliphatic rings. The van der Waals surface area contributed by atoms with Crippen LogP contribution >= 0.6 is 0 Å². The van der Waals surface area contributed by atoms with Gasteiger partial charge >= 0.3 is 0 Å². The molecule has 0 atom stereocenters. The highest BCUT2D eigenvalue weighted by atomic mass is 16.5. The van der Waals surface area contributed by atoms with E-state index in [0.29, 0.717) is 0 Å². The van der Waals surface area contributed by atoms with Crippen molar-refractivity contribution in [2.45, 2.75) is 33.6 Å². The number of aryl methyl sites for hydroxylation is 1. The molecule has 0 unspecified atom stereocenters. The van der Waals surface area contributed by atoms with Crippen molar-refractivity contribution in [1.29, 1.82) is 0 Å². The lowest BCUT2D eigenvalue weighted by atomic mass is 10.1. The molecule has 0 bridgehead atoms. The zero-order chi connectivity index (χ0) is 12.0. The molecule has 0 saturated heterocycles. The maximum Gasteiger partial charge on any atom is 0.121 e. The van der Waals surface area contributed by atoms with Gasteiger partial charge < -0.3 is 10.1 Å². The lowest BCUT2D eigenvalue weighted by molar-refractivity contribution is 0.412. The predicted molar refractivity (Wildman–Crippen MR) is 70.3 cm³/mol. The molecule has 0 radical (unpaired) electrons. The fourth-order valence-electron chi connectivity index (χ4n) is 1.73. The molecule has 2 nitrogen and oxygen atoms in total. The largest absolute Gasteiger partial charge is 0.496 e. The lowest BCUT2D eigenvalue weighted by Gasteiger charge is -2.10. The summed E-state index contributed by atoms with van der Waals surface area (Å²) >= 11 is 0. The summed E-state index contributed by atoms with van der Waals surface area (Å²) in [6, 6.07) is 6.22. The van der Waals surface area contributed by atoms with E-state index in [4.69, 9.17) is 4.74 Å². The summed E-state index contributed by atoms with van der Waals surface area (Å²) in [6.07, 6.45) is 2.50. The van der Waals surface area contributed by atoms with Crippen LogP contribution in [0.5, 0.6) is 5.75 Å². The normalized spacial score (nSPS) is 10.6. The van der Waals surface area contributed by atoms with Gasteiger partial charge in [0.15, 0.2) is 0 Å². The topological polar surface area (TPSA) is 21.3 Å². The first-order chi connectivity index (χ1) is 7.63. The van der Waals surface area contributed by atoms with Gasteiger partial charge in [0.1, 0.15) is 5.75 Å². The third-order valence-electron chi connectivity index (χ3n) is 2.68. The second kappa shape index (κ2) is 6.41. The molecule has 0 spiro atoms. The molecule has 2 heteroatoms. The van der Waals surface area contributed by atoms with E-state index in [9.17, 15) is 0 Å². The number of rotatable bonds is 6. The van der Waals surface area contributed by atoms with Crippen LogP contribution in [0.4, 0.5) is 5.69 Å². The molecule has 0 fully saturated rings. The van der Waals surface area contributed by atoms with Gasteiger partial charge in [-0.2, -0.15) is 0 Å². The molecule has 0 aromatic heterocycles. The van der Waals surface area contributed by atoms with Gasteiger partial charge in [0, 0.05) is 12.2 Å². The van der Waals surface area contributed by atoms with Crippen molar-refractivity contribution in [3.8, 4) is 5.75 Å². The third kappa shape index (κ3) is 4.13. The van der Waals surface area contributed by atoms with Crippen LogP contribution < -0.4 is 10.1 Å². The quantitative estimate of drug-likeness (QED) is 0.737. The van der Waals surface area contributed by atoms with Crippen molar-refractivity contribution in [3.63, 3.8) is 0 Å². The third-order valence-corrected chi connectivity index (χ3v) is 2.68. The first-order valence-corrected chi connectivity index (χ1v) is 6.02. The van der Waals surface area contributed by atoms with Crippen LogP contribution in [0.3, 0.4) is 0 Å². The number of hydrogen-bond donors (Lipinski definition) is 1. The van der Waals surface area contributed by atoms with E-state index in [2.05, 4.69) is 38.2 Å². The summed E-state index contributed by atoms with van der Waals surface area (Å²) in [5.41, 5.74) is 2.36. The Bertz CT molecular complexity index is 321. The van der Waals surface area contributed by atoms with E-state index in [0.717, 1.165) is 18.2 Å². The average molecular weight is 221 g/mol. The van der Waals surface area contributed by atoms with Gasteiger partial charge in [0.25, 0.3) is 0 Å². The Morgan fingerprint density at radius 1 is 1.31 bits per heavy atom. The highest BCUT2D eigenvalue weighted by Gasteiger charge is 1.99. The number of methoxy groups -OCH3 is 1. The van der Waals surface area contributed by atoms with Gasteiger partial charge in [-0.3, -0.25) is 0 Å². The van der Waals surface area contributed by atoms with Gasteiger partial charge in [-0.15, -0.1) is 0 Å². The highest BCUT2D eigenvalue weighted by molar-refractivity contribution is 5.50. The molecule has 1 aromatic rings. The molecule has 0 amide bonds. The number of benzene rings is 1. The minimum atomic E-state index is 0.791. The Kier molecular flexibility index (Phi) is 5.17. The minimum absolute atomic E-state index is 0.791. The number of ether oxygens (including phenoxy) is 1. The molecule has 0 saturated carbocycles. The SMILES string of the molecule is COc1ccc(NCCCC(C)C)cc1C. The Hall–Kier alpha value is -1.18. The van der Waals surface area contributed by atoms with Crippen molar-refractivity contribution < 1.29 is 4.74 Å². The van der Waals surface area contributed by atoms with Gasteiger partial charge in [-0.05, 0) is 49.4 Å². The van der Waals surface area contributed by atoms with E-state index < -0.39 is 0 Å². The predicted octanol–water partition coefficient (Wildman–Crippen LogP) is 3.85. The van der Waals surface area contributed by atoms with E-state index in [1.807, 2.05) is 6.07 Å². The summed E-state index contributed by atoms with van der Waals surface area (Å²) < 4.78 is 5.23. The maximum absolute atomic E-state index is 5.23. The molecule has 1 N–H and O–H groups in total. The van der Waals surface area contributed by atoms with E-state index >= 15 is 0 Å².